The zero-order valence-electron chi connectivity index (χ0n) is 10.9. The molecule has 104 valence electrons. The van der Waals surface area contributed by atoms with Crippen LogP contribution in [0.3, 0.4) is 0 Å². The van der Waals surface area contributed by atoms with E-state index in [0.29, 0.717) is 26.2 Å². The first kappa shape index (κ1) is 14.0. The molecule has 2 rings (SSSR count). The van der Waals surface area contributed by atoms with E-state index >= 15 is 0 Å². The van der Waals surface area contributed by atoms with Crippen molar-refractivity contribution >= 4 is 11.8 Å². The quantitative estimate of drug-likeness (QED) is 0.809. The molecule has 0 aliphatic carbocycles. The third-order valence-corrected chi connectivity index (χ3v) is 3.25. The fourth-order valence-corrected chi connectivity index (χ4v) is 2.14. The minimum atomic E-state index is -0.541. The van der Waals surface area contributed by atoms with Gasteiger partial charge in [-0.25, -0.2) is 4.39 Å². The summed E-state index contributed by atoms with van der Waals surface area (Å²) in [6.45, 7) is 1.45. The molecular formula is C14H14FN3O2. The number of halogens is 1. The summed E-state index contributed by atoms with van der Waals surface area (Å²) in [6.07, 6.45) is -0.152. The van der Waals surface area contributed by atoms with Gasteiger partial charge >= 0.3 is 0 Å². The Kier molecular flexibility index (Phi) is 4.31. The van der Waals surface area contributed by atoms with Crippen molar-refractivity contribution in [1.82, 2.24) is 9.80 Å². The zero-order valence-corrected chi connectivity index (χ0v) is 10.9. The highest BCUT2D eigenvalue weighted by Gasteiger charge is 2.25. The smallest absolute Gasteiger partial charge is 0.256 e. The van der Waals surface area contributed by atoms with E-state index in [1.807, 2.05) is 6.07 Å². The molecule has 0 spiro atoms. The molecule has 0 saturated carbocycles. The van der Waals surface area contributed by atoms with Crippen molar-refractivity contribution < 1.29 is 14.0 Å². The second kappa shape index (κ2) is 6.15. The van der Waals surface area contributed by atoms with Crippen LogP contribution in [0, 0.1) is 17.1 Å². The van der Waals surface area contributed by atoms with Crippen molar-refractivity contribution in [2.75, 3.05) is 26.2 Å². The summed E-state index contributed by atoms with van der Waals surface area (Å²) in [7, 11) is 0. The molecule has 6 heteroatoms. The van der Waals surface area contributed by atoms with Gasteiger partial charge in [-0.1, -0.05) is 12.1 Å². The standard InChI is InChI=1S/C14H14FN3O2/c15-12-4-2-1-3-11(12)14(20)18-9-7-17(8-10-18)13(19)5-6-16/h1-4H,5,7-10H2. The number of rotatable bonds is 2. The molecule has 0 N–H and O–H groups in total. The summed E-state index contributed by atoms with van der Waals surface area (Å²) in [5.41, 5.74) is 0.0456. The number of amides is 2. The summed E-state index contributed by atoms with van der Waals surface area (Å²) < 4.78 is 13.6. The minimum absolute atomic E-state index is 0.0456. The fourth-order valence-electron chi connectivity index (χ4n) is 2.14. The Bertz CT molecular complexity index is 560. The first-order chi connectivity index (χ1) is 9.63. The molecule has 0 unspecified atom stereocenters. The van der Waals surface area contributed by atoms with Gasteiger partial charge in [-0.2, -0.15) is 5.26 Å². The van der Waals surface area contributed by atoms with Gasteiger partial charge in [0, 0.05) is 26.2 Å². The molecule has 2 amide bonds. The van der Waals surface area contributed by atoms with Crippen LogP contribution in [0.15, 0.2) is 24.3 Å². The van der Waals surface area contributed by atoms with Crippen molar-refractivity contribution in [1.29, 1.82) is 5.26 Å². The maximum atomic E-state index is 13.6. The lowest BCUT2D eigenvalue weighted by atomic mass is 10.1. The van der Waals surface area contributed by atoms with E-state index in [-0.39, 0.29) is 23.8 Å². The lowest BCUT2D eigenvalue weighted by Gasteiger charge is -2.34. The molecule has 1 saturated heterocycles. The van der Waals surface area contributed by atoms with Gasteiger partial charge in [-0.15, -0.1) is 0 Å². The minimum Gasteiger partial charge on any atom is -0.338 e. The Morgan fingerprint density at radius 2 is 1.75 bits per heavy atom. The first-order valence-corrected chi connectivity index (χ1v) is 6.32. The largest absolute Gasteiger partial charge is 0.338 e. The van der Waals surface area contributed by atoms with E-state index in [4.69, 9.17) is 5.26 Å². The summed E-state index contributed by atoms with van der Waals surface area (Å²) in [4.78, 5) is 26.8. The normalized spacial score (nSPS) is 14.8. The molecule has 5 nitrogen and oxygen atoms in total. The van der Waals surface area contributed by atoms with Gasteiger partial charge in [-0.3, -0.25) is 9.59 Å². The second-order valence-electron chi connectivity index (χ2n) is 4.49. The molecule has 0 radical (unpaired) electrons. The summed E-state index contributed by atoms with van der Waals surface area (Å²) in [5.74, 6) is -1.14. The lowest BCUT2D eigenvalue weighted by molar-refractivity contribution is -0.131. The Morgan fingerprint density at radius 1 is 1.15 bits per heavy atom. The highest BCUT2D eigenvalue weighted by molar-refractivity contribution is 5.94. The average molecular weight is 275 g/mol. The van der Waals surface area contributed by atoms with Crippen LogP contribution in [0.4, 0.5) is 4.39 Å². The fraction of sp³-hybridized carbons (Fsp3) is 0.357. The van der Waals surface area contributed by atoms with Gasteiger partial charge in [0.05, 0.1) is 11.6 Å². The van der Waals surface area contributed by atoms with E-state index in [1.165, 1.54) is 23.1 Å². The molecule has 0 aromatic heterocycles. The molecule has 0 bridgehead atoms. The van der Waals surface area contributed by atoms with Gasteiger partial charge in [0.25, 0.3) is 5.91 Å². The van der Waals surface area contributed by atoms with Crippen LogP contribution in [-0.4, -0.2) is 47.8 Å². The van der Waals surface area contributed by atoms with E-state index in [9.17, 15) is 14.0 Å². The monoisotopic (exact) mass is 275 g/mol. The lowest BCUT2D eigenvalue weighted by Crippen LogP contribution is -2.50. The highest BCUT2D eigenvalue weighted by atomic mass is 19.1. The Balaban J connectivity index is 1.98. The van der Waals surface area contributed by atoms with E-state index in [0.717, 1.165) is 0 Å². The number of piperazine rings is 1. The predicted molar refractivity (Wildman–Crippen MR) is 69.1 cm³/mol. The van der Waals surface area contributed by atoms with Gasteiger partial charge in [0.15, 0.2) is 0 Å². The third-order valence-electron chi connectivity index (χ3n) is 3.25. The second-order valence-corrected chi connectivity index (χ2v) is 4.49. The molecule has 0 atom stereocenters. The predicted octanol–water partition coefficient (Wildman–Crippen LogP) is 1.02. The number of nitriles is 1. The number of carbonyl (C=O) groups excluding carboxylic acids is 2. The van der Waals surface area contributed by atoms with Crippen molar-refractivity contribution in [3.8, 4) is 6.07 Å². The SMILES string of the molecule is N#CCC(=O)N1CCN(C(=O)c2ccccc2F)CC1. The molecule has 1 fully saturated rings. The van der Waals surface area contributed by atoms with Gasteiger partial charge in [0.1, 0.15) is 12.2 Å². The summed E-state index contributed by atoms with van der Waals surface area (Å²) in [6, 6.07) is 7.66. The van der Waals surface area contributed by atoms with Crippen LogP contribution in [0.1, 0.15) is 16.8 Å². The topological polar surface area (TPSA) is 64.4 Å². The maximum absolute atomic E-state index is 13.6. The van der Waals surface area contributed by atoms with Gasteiger partial charge in [-0.05, 0) is 12.1 Å². The van der Waals surface area contributed by atoms with Gasteiger partial charge < -0.3 is 9.80 Å². The Morgan fingerprint density at radius 3 is 2.35 bits per heavy atom. The van der Waals surface area contributed by atoms with Crippen molar-refractivity contribution in [2.45, 2.75) is 6.42 Å². The summed E-state index contributed by atoms with van der Waals surface area (Å²) >= 11 is 0. The van der Waals surface area contributed by atoms with E-state index < -0.39 is 5.82 Å². The van der Waals surface area contributed by atoms with Crippen molar-refractivity contribution in [3.63, 3.8) is 0 Å². The Hall–Kier alpha value is -2.42. The molecule has 20 heavy (non-hydrogen) atoms. The maximum Gasteiger partial charge on any atom is 0.256 e. The first-order valence-electron chi connectivity index (χ1n) is 6.32. The van der Waals surface area contributed by atoms with Gasteiger partial charge in [0.2, 0.25) is 5.91 Å². The third kappa shape index (κ3) is 2.94. The molecule has 1 heterocycles. The number of hydrogen-bond donors (Lipinski definition) is 0. The zero-order chi connectivity index (χ0) is 14.5. The van der Waals surface area contributed by atoms with E-state index in [1.54, 1.807) is 11.0 Å². The average Bonchev–Trinajstić information content (AvgIpc) is 2.47. The molecule has 1 aliphatic rings. The highest BCUT2D eigenvalue weighted by Crippen LogP contribution is 2.12. The molecule has 1 aliphatic heterocycles. The van der Waals surface area contributed by atoms with Crippen molar-refractivity contribution in [3.05, 3.63) is 35.6 Å². The van der Waals surface area contributed by atoms with Crippen LogP contribution >= 0.6 is 0 Å². The Labute approximate surface area is 116 Å². The molecule has 1 aromatic rings. The van der Waals surface area contributed by atoms with Crippen LogP contribution in [-0.2, 0) is 4.79 Å². The van der Waals surface area contributed by atoms with Crippen LogP contribution < -0.4 is 0 Å². The molecular weight excluding hydrogens is 261 g/mol. The molecule has 1 aromatic carbocycles. The van der Waals surface area contributed by atoms with Crippen LogP contribution in [0.25, 0.3) is 0 Å². The number of benzene rings is 1. The van der Waals surface area contributed by atoms with Crippen LogP contribution in [0.5, 0.6) is 0 Å². The van der Waals surface area contributed by atoms with Crippen molar-refractivity contribution in [2.24, 2.45) is 0 Å². The van der Waals surface area contributed by atoms with E-state index in [2.05, 4.69) is 0 Å². The summed E-state index contributed by atoms with van der Waals surface area (Å²) in [5, 5.41) is 8.48. The number of hydrogen-bond acceptors (Lipinski definition) is 3. The number of nitrogens with zero attached hydrogens (tertiary/aromatic N) is 3. The number of carbonyl (C=O) groups is 2. The van der Waals surface area contributed by atoms with Crippen LogP contribution in [0.2, 0.25) is 0 Å².